The van der Waals surface area contributed by atoms with Gasteiger partial charge in [-0.05, 0) is 52.0 Å². The molecule has 1 N–H and O–H groups in total. The summed E-state index contributed by atoms with van der Waals surface area (Å²) in [5.41, 5.74) is 0.886. The standard InChI is InChI=1S/C15H23N3OS.2ClH/c1-10-14(20-11(2)17-10)15(19)18-8-5-12(6-9-18)13-4-3-7-16-13;;/h12-13,16H,3-9H2,1-2H3;2*1H. The second-order valence-electron chi connectivity index (χ2n) is 5.98. The SMILES string of the molecule is Cc1nc(C)c(C(=O)N2CCC(C3CCCN3)CC2)s1.Cl.Cl. The van der Waals surface area contributed by atoms with Gasteiger partial charge in [0.05, 0.1) is 10.7 Å². The Labute approximate surface area is 148 Å². The molecule has 0 aromatic carbocycles. The second-order valence-corrected chi connectivity index (χ2v) is 7.18. The van der Waals surface area contributed by atoms with Crippen LogP contribution >= 0.6 is 36.2 Å². The third kappa shape index (κ3) is 4.13. The molecule has 1 aromatic heterocycles. The topological polar surface area (TPSA) is 45.2 Å². The highest BCUT2D eigenvalue weighted by Gasteiger charge is 2.31. The molecule has 1 aromatic rings. The number of thiazole rings is 1. The van der Waals surface area contributed by atoms with Gasteiger partial charge in [-0.2, -0.15) is 0 Å². The van der Waals surface area contributed by atoms with Crippen LogP contribution in [0.1, 0.15) is 46.1 Å². The number of likely N-dealkylation sites (tertiary alicyclic amines) is 1. The van der Waals surface area contributed by atoms with Gasteiger partial charge in [0.1, 0.15) is 4.88 Å². The van der Waals surface area contributed by atoms with Crippen molar-refractivity contribution in [2.45, 2.75) is 45.6 Å². The Morgan fingerprint density at radius 3 is 2.41 bits per heavy atom. The van der Waals surface area contributed by atoms with Gasteiger partial charge in [-0.1, -0.05) is 0 Å². The third-order valence-electron chi connectivity index (χ3n) is 4.59. The number of aryl methyl sites for hydroxylation is 2. The van der Waals surface area contributed by atoms with Gasteiger partial charge in [0, 0.05) is 19.1 Å². The lowest BCUT2D eigenvalue weighted by Crippen LogP contribution is -2.43. The van der Waals surface area contributed by atoms with Crippen LogP contribution < -0.4 is 5.32 Å². The van der Waals surface area contributed by atoms with Gasteiger partial charge in [0.15, 0.2) is 0 Å². The summed E-state index contributed by atoms with van der Waals surface area (Å²) in [6.07, 6.45) is 4.90. The number of hydrogen-bond acceptors (Lipinski definition) is 4. The lowest BCUT2D eigenvalue weighted by Gasteiger charge is -2.34. The predicted octanol–water partition coefficient (Wildman–Crippen LogP) is 3.21. The normalized spacial score (nSPS) is 22.1. The Bertz CT molecular complexity index is 495. The van der Waals surface area contributed by atoms with E-state index in [4.69, 9.17) is 0 Å². The van der Waals surface area contributed by atoms with Crippen molar-refractivity contribution in [3.05, 3.63) is 15.6 Å². The summed E-state index contributed by atoms with van der Waals surface area (Å²) in [5, 5.41) is 4.59. The highest BCUT2D eigenvalue weighted by molar-refractivity contribution is 7.13. The molecule has 0 saturated carbocycles. The molecule has 2 saturated heterocycles. The lowest BCUT2D eigenvalue weighted by atomic mass is 9.88. The average molecular weight is 366 g/mol. The number of nitrogens with zero attached hydrogens (tertiary/aromatic N) is 2. The third-order valence-corrected chi connectivity index (χ3v) is 5.65. The number of aromatic nitrogens is 1. The number of amides is 1. The molecule has 7 heteroatoms. The van der Waals surface area contributed by atoms with Gasteiger partial charge in [-0.25, -0.2) is 4.98 Å². The molecular weight excluding hydrogens is 341 g/mol. The van der Waals surface area contributed by atoms with E-state index in [9.17, 15) is 4.79 Å². The molecule has 0 spiro atoms. The van der Waals surface area contributed by atoms with Crippen LogP contribution in [-0.2, 0) is 0 Å². The van der Waals surface area contributed by atoms with Crippen LogP contribution in [0.5, 0.6) is 0 Å². The lowest BCUT2D eigenvalue weighted by molar-refractivity contribution is 0.0678. The minimum absolute atomic E-state index is 0. The maximum absolute atomic E-state index is 12.5. The van der Waals surface area contributed by atoms with Crippen molar-refractivity contribution in [3.8, 4) is 0 Å². The first-order chi connectivity index (χ1) is 9.65. The Hall–Kier alpha value is -0.360. The van der Waals surface area contributed by atoms with E-state index in [1.807, 2.05) is 18.7 Å². The van der Waals surface area contributed by atoms with E-state index in [1.165, 1.54) is 30.7 Å². The van der Waals surface area contributed by atoms with Crippen molar-refractivity contribution in [2.24, 2.45) is 5.92 Å². The Morgan fingerprint density at radius 1 is 1.23 bits per heavy atom. The second kappa shape index (κ2) is 8.48. The molecule has 0 radical (unpaired) electrons. The number of nitrogens with one attached hydrogen (secondary N) is 1. The Morgan fingerprint density at radius 2 is 1.91 bits per heavy atom. The van der Waals surface area contributed by atoms with Gasteiger partial charge in [-0.3, -0.25) is 4.79 Å². The molecule has 2 fully saturated rings. The summed E-state index contributed by atoms with van der Waals surface area (Å²) in [7, 11) is 0. The number of carbonyl (C=O) groups is 1. The monoisotopic (exact) mass is 365 g/mol. The van der Waals surface area contributed by atoms with Crippen LogP contribution in [0.4, 0.5) is 0 Å². The fourth-order valence-corrected chi connectivity index (χ4v) is 4.38. The summed E-state index contributed by atoms with van der Waals surface area (Å²) < 4.78 is 0. The molecule has 2 aliphatic rings. The number of halogens is 2. The van der Waals surface area contributed by atoms with Crippen LogP contribution in [0.15, 0.2) is 0 Å². The maximum atomic E-state index is 12.5. The molecule has 4 nitrogen and oxygen atoms in total. The fourth-order valence-electron chi connectivity index (χ4n) is 3.49. The van der Waals surface area contributed by atoms with Crippen LogP contribution in [0.2, 0.25) is 0 Å². The smallest absolute Gasteiger partial charge is 0.265 e. The van der Waals surface area contributed by atoms with E-state index >= 15 is 0 Å². The number of piperidine rings is 1. The van der Waals surface area contributed by atoms with Gasteiger partial charge < -0.3 is 10.2 Å². The van der Waals surface area contributed by atoms with Crippen LogP contribution in [0.3, 0.4) is 0 Å². The van der Waals surface area contributed by atoms with Crippen LogP contribution in [0.25, 0.3) is 0 Å². The molecule has 1 amide bonds. The molecule has 22 heavy (non-hydrogen) atoms. The van der Waals surface area contributed by atoms with Crippen molar-refractivity contribution >= 4 is 42.1 Å². The van der Waals surface area contributed by atoms with Crippen molar-refractivity contribution in [1.29, 1.82) is 0 Å². The van der Waals surface area contributed by atoms with Gasteiger partial charge >= 0.3 is 0 Å². The molecule has 2 aliphatic heterocycles. The summed E-state index contributed by atoms with van der Waals surface area (Å²) in [6.45, 7) is 6.87. The summed E-state index contributed by atoms with van der Waals surface area (Å²) in [4.78, 5) is 19.8. The maximum Gasteiger partial charge on any atom is 0.265 e. The minimum Gasteiger partial charge on any atom is -0.338 e. The summed E-state index contributed by atoms with van der Waals surface area (Å²) in [6, 6.07) is 0.694. The van der Waals surface area contributed by atoms with Crippen molar-refractivity contribution in [1.82, 2.24) is 15.2 Å². The first-order valence-corrected chi connectivity index (χ1v) is 8.43. The van der Waals surface area contributed by atoms with Crippen LogP contribution in [0, 0.1) is 19.8 Å². The van der Waals surface area contributed by atoms with Gasteiger partial charge in [0.25, 0.3) is 5.91 Å². The molecule has 1 unspecified atom stereocenters. The van der Waals surface area contributed by atoms with Crippen molar-refractivity contribution in [2.75, 3.05) is 19.6 Å². The number of rotatable bonds is 2. The zero-order valence-electron chi connectivity index (χ0n) is 13.1. The van der Waals surface area contributed by atoms with E-state index in [2.05, 4.69) is 10.3 Å². The molecule has 0 aliphatic carbocycles. The quantitative estimate of drug-likeness (QED) is 0.874. The molecule has 126 valence electrons. The Balaban J connectivity index is 0.00000121. The summed E-state index contributed by atoms with van der Waals surface area (Å²) in [5.74, 6) is 0.941. The van der Waals surface area contributed by atoms with Crippen LogP contribution in [-0.4, -0.2) is 41.5 Å². The molecule has 0 bridgehead atoms. The minimum atomic E-state index is 0. The van der Waals surface area contributed by atoms with Crippen molar-refractivity contribution < 1.29 is 4.79 Å². The predicted molar refractivity (Wildman–Crippen MR) is 95.7 cm³/mol. The Kier molecular flexibility index (Phi) is 7.59. The zero-order valence-corrected chi connectivity index (χ0v) is 15.6. The molecule has 1 atom stereocenters. The van der Waals surface area contributed by atoms with E-state index in [0.29, 0.717) is 6.04 Å². The van der Waals surface area contributed by atoms with Gasteiger partial charge in [-0.15, -0.1) is 36.2 Å². The van der Waals surface area contributed by atoms with E-state index in [-0.39, 0.29) is 30.7 Å². The van der Waals surface area contributed by atoms with E-state index < -0.39 is 0 Å². The fraction of sp³-hybridized carbons (Fsp3) is 0.733. The van der Waals surface area contributed by atoms with Crippen molar-refractivity contribution in [3.63, 3.8) is 0 Å². The highest BCUT2D eigenvalue weighted by atomic mass is 35.5. The first kappa shape index (κ1) is 19.7. The highest BCUT2D eigenvalue weighted by Crippen LogP contribution is 2.27. The average Bonchev–Trinajstić information content (AvgIpc) is 3.08. The largest absolute Gasteiger partial charge is 0.338 e. The van der Waals surface area contributed by atoms with E-state index in [1.54, 1.807) is 0 Å². The first-order valence-electron chi connectivity index (χ1n) is 7.62. The molecule has 3 heterocycles. The molecular formula is C15H25Cl2N3OS. The molecule has 3 rings (SSSR count). The number of carbonyl (C=O) groups excluding carboxylic acids is 1. The number of hydrogen-bond donors (Lipinski definition) is 1. The summed E-state index contributed by atoms with van der Waals surface area (Å²) >= 11 is 1.53. The van der Waals surface area contributed by atoms with E-state index in [0.717, 1.165) is 47.4 Å². The zero-order chi connectivity index (χ0) is 14.1. The van der Waals surface area contributed by atoms with Gasteiger partial charge in [0.2, 0.25) is 0 Å².